The summed E-state index contributed by atoms with van der Waals surface area (Å²) in [7, 11) is -3.78. The molecule has 2 unspecified atom stereocenters. The van der Waals surface area contributed by atoms with Crippen LogP contribution in [0.1, 0.15) is 19.8 Å². The first-order chi connectivity index (χ1) is 7.83. The molecule has 0 aromatic heterocycles. The van der Waals surface area contributed by atoms with E-state index < -0.39 is 37.3 Å². The van der Waals surface area contributed by atoms with Crippen LogP contribution in [-0.2, 0) is 18.9 Å². The number of ether oxygens (including phenoxy) is 1. The van der Waals surface area contributed by atoms with E-state index in [4.69, 9.17) is 5.73 Å². The van der Waals surface area contributed by atoms with Crippen LogP contribution in [0, 0.1) is 0 Å². The highest BCUT2D eigenvalue weighted by atomic mass is 31.2. The van der Waals surface area contributed by atoms with Gasteiger partial charge in [-0.15, -0.1) is 0 Å². The predicted octanol–water partition coefficient (Wildman–Crippen LogP) is -0.617. The standard InChI is InChI=1S/C9H17N2O5P/c1-6(10)17(14,15)5-8(12)16-9(13)7-3-2-4-11-7/h6-7,11H,2-5,10H2,1H3,(H,14,15)/t6?,7-/m0/s1. The molecule has 1 fully saturated rings. The minimum absolute atomic E-state index is 0.493. The quantitative estimate of drug-likeness (QED) is 0.352. The molecule has 98 valence electrons. The Hall–Kier alpha value is -0.750. The smallest absolute Gasteiger partial charge is 0.330 e. The van der Waals surface area contributed by atoms with Crippen LogP contribution >= 0.6 is 7.37 Å². The van der Waals surface area contributed by atoms with Crippen LogP contribution in [0.25, 0.3) is 0 Å². The summed E-state index contributed by atoms with van der Waals surface area (Å²) in [4.78, 5) is 32.0. The molecule has 4 N–H and O–H groups in total. The first kappa shape index (κ1) is 14.3. The molecule has 0 amide bonds. The highest BCUT2D eigenvalue weighted by Gasteiger charge is 2.31. The van der Waals surface area contributed by atoms with Crippen LogP contribution < -0.4 is 11.1 Å². The van der Waals surface area contributed by atoms with Gasteiger partial charge in [0, 0.05) is 0 Å². The van der Waals surface area contributed by atoms with E-state index in [9.17, 15) is 19.0 Å². The van der Waals surface area contributed by atoms with Gasteiger partial charge in [-0.05, 0) is 26.3 Å². The zero-order valence-corrected chi connectivity index (χ0v) is 10.5. The number of esters is 2. The lowest BCUT2D eigenvalue weighted by atomic mass is 10.2. The van der Waals surface area contributed by atoms with Crippen molar-refractivity contribution in [2.45, 2.75) is 31.6 Å². The Bertz CT molecular complexity index is 351. The second-order valence-corrected chi connectivity index (χ2v) is 6.74. The van der Waals surface area contributed by atoms with Crippen LogP contribution in [0.2, 0.25) is 0 Å². The van der Waals surface area contributed by atoms with E-state index in [1.165, 1.54) is 6.92 Å². The minimum Gasteiger partial charge on any atom is -0.392 e. The summed E-state index contributed by atoms with van der Waals surface area (Å²) in [6.45, 7) is 2.03. The minimum atomic E-state index is -3.78. The number of nitrogens with one attached hydrogen (secondary N) is 1. The molecule has 0 spiro atoms. The summed E-state index contributed by atoms with van der Waals surface area (Å²) in [6, 6.07) is -0.493. The summed E-state index contributed by atoms with van der Waals surface area (Å²) in [6.07, 6.45) is 0.714. The van der Waals surface area contributed by atoms with Crippen molar-refractivity contribution in [3.8, 4) is 0 Å². The van der Waals surface area contributed by atoms with Gasteiger partial charge in [0.2, 0.25) is 7.37 Å². The molecular formula is C9H17N2O5P. The molecule has 0 radical (unpaired) electrons. The van der Waals surface area contributed by atoms with E-state index in [-0.39, 0.29) is 0 Å². The summed E-state index contributed by atoms with van der Waals surface area (Å²) in [5.74, 6) is -2.72. The summed E-state index contributed by atoms with van der Waals surface area (Å²) >= 11 is 0. The zero-order valence-electron chi connectivity index (χ0n) is 9.59. The van der Waals surface area contributed by atoms with Crippen LogP contribution in [0.5, 0.6) is 0 Å². The van der Waals surface area contributed by atoms with Crippen LogP contribution in [0.3, 0.4) is 0 Å². The number of hydrogen-bond acceptors (Lipinski definition) is 6. The fraction of sp³-hybridized carbons (Fsp3) is 0.778. The third-order valence-corrected chi connectivity index (χ3v) is 4.54. The molecule has 7 nitrogen and oxygen atoms in total. The van der Waals surface area contributed by atoms with Crippen LogP contribution in [-0.4, -0.2) is 41.4 Å². The number of rotatable bonds is 4. The van der Waals surface area contributed by atoms with E-state index >= 15 is 0 Å². The van der Waals surface area contributed by atoms with E-state index in [0.717, 1.165) is 6.42 Å². The molecule has 1 rings (SSSR count). The SMILES string of the molecule is CC(N)P(=O)(O)CC(=O)OC(=O)[C@@H]1CCCN1. The fourth-order valence-corrected chi connectivity index (χ4v) is 2.15. The first-order valence-corrected chi connectivity index (χ1v) is 7.29. The van der Waals surface area contributed by atoms with Gasteiger partial charge in [0.1, 0.15) is 12.2 Å². The maximum atomic E-state index is 11.4. The van der Waals surface area contributed by atoms with Crippen molar-refractivity contribution in [2.75, 3.05) is 12.7 Å². The highest BCUT2D eigenvalue weighted by molar-refractivity contribution is 7.59. The molecule has 1 aliphatic rings. The number of carbonyl (C=O) groups is 2. The third-order valence-electron chi connectivity index (χ3n) is 2.55. The van der Waals surface area contributed by atoms with Gasteiger partial charge in [0.15, 0.2) is 0 Å². The molecule has 3 atom stereocenters. The van der Waals surface area contributed by atoms with Crippen molar-refractivity contribution in [1.82, 2.24) is 5.32 Å². The lowest BCUT2D eigenvalue weighted by Crippen LogP contribution is -2.34. The largest absolute Gasteiger partial charge is 0.392 e. The number of carbonyl (C=O) groups excluding carboxylic acids is 2. The molecule has 1 aliphatic heterocycles. The average Bonchev–Trinajstić information content (AvgIpc) is 2.68. The second-order valence-electron chi connectivity index (χ2n) is 4.10. The average molecular weight is 264 g/mol. The first-order valence-electron chi connectivity index (χ1n) is 5.38. The maximum absolute atomic E-state index is 11.4. The summed E-state index contributed by atoms with van der Waals surface area (Å²) < 4.78 is 15.9. The summed E-state index contributed by atoms with van der Waals surface area (Å²) in [5, 5.41) is 2.86. The van der Waals surface area contributed by atoms with E-state index in [1.807, 2.05) is 0 Å². The normalized spacial score (nSPS) is 25.0. The molecule has 0 aromatic carbocycles. The van der Waals surface area contributed by atoms with Gasteiger partial charge in [0.25, 0.3) is 0 Å². The van der Waals surface area contributed by atoms with Gasteiger partial charge in [-0.1, -0.05) is 0 Å². The maximum Gasteiger partial charge on any atom is 0.330 e. The van der Waals surface area contributed by atoms with Crippen LogP contribution in [0.4, 0.5) is 0 Å². The molecule has 17 heavy (non-hydrogen) atoms. The van der Waals surface area contributed by atoms with E-state index in [1.54, 1.807) is 0 Å². The van der Waals surface area contributed by atoms with Crippen LogP contribution in [0.15, 0.2) is 0 Å². The van der Waals surface area contributed by atoms with Gasteiger partial charge in [-0.2, -0.15) is 0 Å². The van der Waals surface area contributed by atoms with E-state index in [2.05, 4.69) is 10.1 Å². The molecule has 1 heterocycles. The van der Waals surface area contributed by atoms with Crippen molar-refractivity contribution in [3.05, 3.63) is 0 Å². The third kappa shape index (κ3) is 4.20. The van der Waals surface area contributed by atoms with Crippen molar-refractivity contribution in [2.24, 2.45) is 5.73 Å². The van der Waals surface area contributed by atoms with E-state index in [0.29, 0.717) is 13.0 Å². The summed E-state index contributed by atoms with van der Waals surface area (Å²) in [5.41, 5.74) is 5.25. The van der Waals surface area contributed by atoms with Crippen molar-refractivity contribution < 1.29 is 23.8 Å². The highest BCUT2D eigenvalue weighted by Crippen LogP contribution is 2.43. The van der Waals surface area contributed by atoms with Gasteiger partial charge in [-0.3, -0.25) is 9.36 Å². The Balaban J connectivity index is 2.44. The molecule has 8 heteroatoms. The monoisotopic (exact) mass is 264 g/mol. The molecule has 0 aromatic rings. The Morgan fingerprint density at radius 1 is 1.65 bits per heavy atom. The molecule has 0 aliphatic carbocycles. The Kier molecular flexibility index (Phi) is 4.82. The zero-order chi connectivity index (χ0) is 13.1. The molecule has 1 saturated heterocycles. The molecule has 0 bridgehead atoms. The van der Waals surface area contributed by atoms with Gasteiger partial charge < -0.3 is 20.7 Å². The molecule has 0 saturated carbocycles. The lowest BCUT2D eigenvalue weighted by molar-refractivity contribution is -0.159. The van der Waals surface area contributed by atoms with Crippen molar-refractivity contribution in [3.63, 3.8) is 0 Å². The fourth-order valence-electron chi connectivity index (χ4n) is 1.43. The Morgan fingerprint density at radius 2 is 2.29 bits per heavy atom. The van der Waals surface area contributed by atoms with Gasteiger partial charge in [-0.25, -0.2) is 4.79 Å². The number of hydrogen-bond donors (Lipinski definition) is 3. The Labute approximate surface area is 99.1 Å². The number of nitrogens with two attached hydrogens (primary N) is 1. The topological polar surface area (TPSA) is 119 Å². The van der Waals surface area contributed by atoms with Crippen molar-refractivity contribution in [1.29, 1.82) is 0 Å². The predicted molar refractivity (Wildman–Crippen MR) is 60.5 cm³/mol. The second kappa shape index (κ2) is 5.73. The lowest BCUT2D eigenvalue weighted by Gasteiger charge is -2.14. The van der Waals surface area contributed by atoms with Crippen molar-refractivity contribution >= 4 is 19.3 Å². The van der Waals surface area contributed by atoms with Gasteiger partial charge >= 0.3 is 11.9 Å². The Morgan fingerprint density at radius 3 is 2.76 bits per heavy atom. The molecular weight excluding hydrogens is 247 g/mol. The van der Waals surface area contributed by atoms with Gasteiger partial charge in [0.05, 0.1) is 5.78 Å².